The number of nitrogen functional groups attached to an aromatic ring is 1. The van der Waals surface area contributed by atoms with Crippen molar-refractivity contribution in [3.63, 3.8) is 0 Å². The summed E-state index contributed by atoms with van der Waals surface area (Å²) in [5, 5.41) is 15.8. The first-order chi connectivity index (χ1) is 11.1. The van der Waals surface area contributed by atoms with Gasteiger partial charge in [0.25, 0.3) is 0 Å². The molecule has 5 nitrogen and oxygen atoms in total. The van der Waals surface area contributed by atoms with Gasteiger partial charge in [-0.3, -0.25) is 10.00 Å². The Hall–Kier alpha value is -2.39. The first-order valence-electron chi connectivity index (χ1n) is 7.75. The number of nitrogens with zero attached hydrogens (tertiary/aromatic N) is 3. The van der Waals surface area contributed by atoms with E-state index < -0.39 is 0 Å². The largest absolute Gasteiger partial charge is 0.381 e. The maximum Gasteiger partial charge on any atom is 0.163 e. The predicted molar refractivity (Wildman–Crippen MR) is 88.1 cm³/mol. The number of hydrogen-bond acceptors (Lipinski definition) is 4. The minimum atomic E-state index is -0.216. The van der Waals surface area contributed by atoms with Gasteiger partial charge in [-0.25, -0.2) is 4.39 Å². The number of aryl methyl sites for hydroxylation is 1. The van der Waals surface area contributed by atoms with Crippen LogP contribution in [-0.4, -0.2) is 28.7 Å². The highest BCUT2D eigenvalue weighted by Gasteiger charge is 2.16. The molecule has 0 radical (unpaired) electrons. The number of halogens is 1. The molecule has 2 aromatic rings. The van der Waals surface area contributed by atoms with Crippen molar-refractivity contribution in [2.45, 2.75) is 32.2 Å². The van der Waals surface area contributed by atoms with Gasteiger partial charge in [-0.05, 0) is 50.6 Å². The van der Waals surface area contributed by atoms with Gasteiger partial charge in [0, 0.05) is 6.04 Å². The predicted octanol–water partition coefficient (Wildman–Crippen LogP) is 3.02. The highest BCUT2D eigenvalue weighted by atomic mass is 19.1. The molecule has 1 atom stereocenters. The molecule has 1 heterocycles. The highest BCUT2D eigenvalue weighted by Crippen LogP contribution is 2.23. The lowest BCUT2D eigenvalue weighted by Gasteiger charge is -2.27. The molecule has 1 aromatic heterocycles. The van der Waals surface area contributed by atoms with Crippen LogP contribution in [0, 0.1) is 17.1 Å². The number of aromatic nitrogens is 2. The Labute approximate surface area is 135 Å². The quantitative estimate of drug-likeness (QED) is 0.823. The van der Waals surface area contributed by atoms with E-state index in [0.717, 1.165) is 37.1 Å². The Bertz CT molecular complexity index is 671. The van der Waals surface area contributed by atoms with Crippen molar-refractivity contribution in [2.75, 3.05) is 19.3 Å². The van der Waals surface area contributed by atoms with Gasteiger partial charge >= 0.3 is 0 Å². The standard InChI is InChI=1S/C17H22FN5/c1-3-16(12-6-8-13(18)9-7-12)23(2)10-4-5-15-14(11-19)17(20)22-21-15/h6-9,16H,3-5,10H2,1-2H3,(H3,20,21,22)/t16-/m1/s1. The molecule has 0 aliphatic carbocycles. The zero-order valence-corrected chi connectivity index (χ0v) is 13.5. The zero-order chi connectivity index (χ0) is 16.8. The van der Waals surface area contributed by atoms with Crippen LogP contribution >= 0.6 is 0 Å². The molecule has 0 saturated heterocycles. The first kappa shape index (κ1) is 17.0. The topological polar surface area (TPSA) is 81.7 Å². The fourth-order valence-corrected chi connectivity index (χ4v) is 2.85. The van der Waals surface area contributed by atoms with E-state index in [9.17, 15) is 4.39 Å². The molecule has 3 N–H and O–H groups in total. The summed E-state index contributed by atoms with van der Waals surface area (Å²) in [5.74, 6) is 0.0423. The van der Waals surface area contributed by atoms with Crippen LogP contribution < -0.4 is 5.73 Å². The molecule has 0 unspecified atom stereocenters. The molecule has 2 rings (SSSR count). The number of benzene rings is 1. The van der Waals surface area contributed by atoms with Gasteiger partial charge in [0.05, 0.1) is 5.69 Å². The number of nitrogens with one attached hydrogen (secondary N) is 1. The van der Waals surface area contributed by atoms with Gasteiger partial charge in [-0.1, -0.05) is 19.1 Å². The summed E-state index contributed by atoms with van der Waals surface area (Å²) < 4.78 is 13.1. The first-order valence-corrected chi connectivity index (χ1v) is 7.75. The molecule has 0 bridgehead atoms. The van der Waals surface area contributed by atoms with Crippen molar-refractivity contribution >= 4 is 5.82 Å². The molecule has 0 aliphatic heterocycles. The van der Waals surface area contributed by atoms with Crippen molar-refractivity contribution in [2.24, 2.45) is 0 Å². The van der Waals surface area contributed by atoms with E-state index in [2.05, 4.69) is 35.1 Å². The normalized spacial score (nSPS) is 12.3. The average Bonchev–Trinajstić information content (AvgIpc) is 2.90. The minimum Gasteiger partial charge on any atom is -0.381 e. The third kappa shape index (κ3) is 4.08. The highest BCUT2D eigenvalue weighted by molar-refractivity contribution is 5.50. The number of rotatable bonds is 7. The molecular weight excluding hydrogens is 293 g/mol. The second-order valence-electron chi connectivity index (χ2n) is 5.63. The lowest BCUT2D eigenvalue weighted by molar-refractivity contribution is 0.236. The SMILES string of the molecule is CC[C@H](c1ccc(F)cc1)N(C)CCCc1[nH]nc(N)c1C#N. The number of nitrogens with two attached hydrogens (primary N) is 1. The summed E-state index contributed by atoms with van der Waals surface area (Å²) in [7, 11) is 2.06. The number of aromatic amines is 1. The fraction of sp³-hybridized carbons (Fsp3) is 0.412. The van der Waals surface area contributed by atoms with Crippen molar-refractivity contribution in [1.82, 2.24) is 15.1 Å². The summed E-state index contributed by atoms with van der Waals surface area (Å²) >= 11 is 0. The van der Waals surface area contributed by atoms with E-state index in [1.165, 1.54) is 12.1 Å². The van der Waals surface area contributed by atoms with E-state index in [1.807, 2.05) is 12.1 Å². The number of anilines is 1. The van der Waals surface area contributed by atoms with Crippen LogP contribution in [-0.2, 0) is 6.42 Å². The molecule has 0 amide bonds. The Kier molecular flexibility index (Phi) is 5.72. The van der Waals surface area contributed by atoms with Crippen LogP contribution in [0.25, 0.3) is 0 Å². The lowest BCUT2D eigenvalue weighted by atomic mass is 10.0. The Morgan fingerprint density at radius 2 is 2.09 bits per heavy atom. The summed E-state index contributed by atoms with van der Waals surface area (Å²) in [6.45, 7) is 2.98. The number of nitriles is 1. The minimum absolute atomic E-state index is 0.216. The molecule has 0 saturated carbocycles. The second-order valence-corrected chi connectivity index (χ2v) is 5.63. The van der Waals surface area contributed by atoms with Crippen LogP contribution in [0.2, 0.25) is 0 Å². The Morgan fingerprint density at radius 3 is 2.70 bits per heavy atom. The molecular formula is C17H22FN5. The van der Waals surface area contributed by atoms with Gasteiger partial charge in [-0.2, -0.15) is 10.4 Å². The Balaban J connectivity index is 1.93. The maximum absolute atomic E-state index is 13.1. The van der Waals surface area contributed by atoms with Crippen molar-refractivity contribution in [3.05, 3.63) is 46.9 Å². The summed E-state index contributed by atoms with van der Waals surface area (Å²) in [5.41, 5.74) is 7.97. The van der Waals surface area contributed by atoms with Gasteiger partial charge in [0.2, 0.25) is 0 Å². The van der Waals surface area contributed by atoms with Gasteiger partial charge < -0.3 is 5.73 Å². The molecule has 6 heteroatoms. The molecule has 122 valence electrons. The summed E-state index contributed by atoms with van der Waals surface area (Å²) in [6.07, 6.45) is 2.55. The number of hydrogen-bond donors (Lipinski definition) is 2. The molecule has 23 heavy (non-hydrogen) atoms. The smallest absolute Gasteiger partial charge is 0.163 e. The van der Waals surface area contributed by atoms with Crippen LogP contribution in [0.5, 0.6) is 0 Å². The second kappa shape index (κ2) is 7.75. The maximum atomic E-state index is 13.1. The van der Waals surface area contributed by atoms with Crippen LogP contribution in [0.15, 0.2) is 24.3 Å². The van der Waals surface area contributed by atoms with Crippen LogP contribution in [0.4, 0.5) is 10.2 Å². The van der Waals surface area contributed by atoms with Gasteiger partial charge in [-0.15, -0.1) is 0 Å². The van der Waals surface area contributed by atoms with E-state index in [4.69, 9.17) is 11.0 Å². The third-order valence-electron chi connectivity index (χ3n) is 4.09. The van der Waals surface area contributed by atoms with E-state index >= 15 is 0 Å². The molecule has 1 aromatic carbocycles. The molecule has 0 aliphatic rings. The summed E-state index contributed by atoms with van der Waals surface area (Å²) in [4.78, 5) is 2.25. The lowest BCUT2D eigenvalue weighted by Crippen LogP contribution is -2.25. The Morgan fingerprint density at radius 1 is 1.39 bits per heavy atom. The van der Waals surface area contributed by atoms with Crippen LogP contribution in [0.3, 0.4) is 0 Å². The van der Waals surface area contributed by atoms with Gasteiger partial charge in [0.1, 0.15) is 17.4 Å². The monoisotopic (exact) mass is 315 g/mol. The van der Waals surface area contributed by atoms with Crippen molar-refractivity contribution in [1.29, 1.82) is 5.26 Å². The third-order valence-corrected chi connectivity index (χ3v) is 4.09. The molecule has 0 fully saturated rings. The zero-order valence-electron chi connectivity index (χ0n) is 13.5. The fourth-order valence-electron chi connectivity index (χ4n) is 2.85. The van der Waals surface area contributed by atoms with Crippen LogP contribution in [0.1, 0.15) is 42.6 Å². The van der Waals surface area contributed by atoms with Crippen molar-refractivity contribution < 1.29 is 4.39 Å². The van der Waals surface area contributed by atoms with E-state index in [0.29, 0.717) is 5.56 Å². The van der Waals surface area contributed by atoms with E-state index in [1.54, 1.807) is 0 Å². The van der Waals surface area contributed by atoms with Crippen molar-refractivity contribution in [3.8, 4) is 6.07 Å². The summed E-state index contributed by atoms with van der Waals surface area (Å²) in [6, 6.07) is 9.00. The molecule has 0 spiro atoms. The van der Waals surface area contributed by atoms with E-state index in [-0.39, 0.29) is 17.7 Å². The number of H-pyrrole nitrogens is 1. The van der Waals surface area contributed by atoms with Gasteiger partial charge in [0.15, 0.2) is 5.82 Å². The average molecular weight is 315 g/mol.